The molecule has 0 saturated carbocycles. The van der Waals surface area contributed by atoms with Crippen LogP contribution >= 0.6 is 11.6 Å². The monoisotopic (exact) mass is 515 g/mol. The average Bonchev–Trinajstić information content (AvgIpc) is 3.33. The lowest BCUT2D eigenvalue weighted by molar-refractivity contribution is -0.113. The largest absolute Gasteiger partial charge is 0.489 e. The predicted octanol–water partition coefficient (Wildman–Crippen LogP) is 6.56. The molecule has 0 radical (unpaired) electrons. The van der Waals surface area contributed by atoms with Gasteiger partial charge in [0.15, 0.2) is 0 Å². The SMILES string of the molecule is Cc1cc(/C=C2/NC(=O)N(c3ccc(Cl)cc3)C2=O)c(C)n1-c1ccc(OCc2ccc(F)cc2)cc1. The number of ether oxygens (including phenoxy) is 1. The number of hydrogen-bond donors (Lipinski definition) is 1. The molecule has 0 atom stereocenters. The highest BCUT2D eigenvalue weighted by Crippen LogP contribution is 2.27. The summed E-state index contributed by atoms with van der Waals surface area (Å²) in [5.41, 5.74) is 5.15. The molecule has 37 heavy (non-hydrogen) atoms. The van der Waals surface area contributed by atoms with Crippen molar-refractivity contribution in [1.82, 2.24) is 9.88 Å². The van der Waals surface area contributed by atoms with Gasteiger partial charge in [-0.15, -0.1) is 0 Å². The number of anilines is 1. The second-order valence-corrected chi connectivity index (χ2v) is 9.11. The Hall–Kier alpha value is -4.36. The van der Waals surface area contributed by atoms with Crippen molar-refractivity contribution in [3.05, 3.63) is 118 Å². The quantitative estimate of drug-likeness (QED) is 0.233. The van der Waals surface area contributed by atoms with Gasteiger partial charge in [-0.05, 0) is 97.8 Å². The van der Waals surface area contributed by atoms with Gasteiger partial charge in [-0.2, -0.15) is 0 Å². The second-order valence-electron chi connectivity index (χ2n) is 8.68. The first kappa shape index (κ1) is 24.3. The van der Waals surface area contributed by atoms with E-state index in [2.05, 4.69) is 9.88 Å². The Balaban J connectivity index is 1.34. The lowest BCUT2D eigenvalue weighted by Crippen LogP contribution is -2.30. The minimum atomic E-state index is -0.511. The van der Waals surface area contributed by atoms with Crippen molar-refractivity contribution in [3.63, 3.8) is 0 Å². The van der Waals surface area contributed by atoms with E-state index in [1.807, 2.05) is 44.2 Å². The normalized spacial score (nSPS) is 14.4. The maximum absolute atomic E-state index is 13.1. The van der Waals surface area contributed by atoms with E-state index in [0.29, 0.717) is 23.1 Å². The number of benzene rings is 3. The van der Waals surface area contributed by atoms with Crippen LogP contribution in [0, 0.1) is 19.7 Å². The third-order valence-corrected chi connectivity index (χ3v) is 6.40. The molecule has 3 aromatic carbocycles. The van der Waals surface area contributed by atoms with Crippen LogP contribution in [0.3, 0.4) is 0 Å². The van der Waals surface area contributed by atoms with Crippen molar-refractivity contribution in [1.29, 1.82) is 0 Å². The minimum Gasteiger partial charge on any atom is -0.489 e. The first-order chi connectivity index (χ1) is 17.8. The van der Waals surface area contributed by atoms with E-state index in [1.54, 1.807) is 42.5 Å². The van der Waals surface area contributed by atoms with Crippen LogP contribution in [-0.2, 0) is 11.4 Å². The molecule has 1 fully saturated rings. The molecular formula is C29H23ClFN3O3. The average molecular weight is 516 g/mol. The van der Waals surface area contributed by atoms with E-state index >= 15 is 0 Å². The minimum absolute atomic E-state index is 0.199. The maximum atomic E-state index is 13.1. The topological polar surface area (TPSA) is 63.6 Å². The maximum Gasteiger partial charge on any atom is 0.333 e. The van der Waals surface area contributed by atoms with E-state index in [-0.39, 0.29) is 11.5 Å². The number of urea groups is 1. The van der Waals surface area contributed by atoms with Gasteiger partial charge >= 0.3 is 6.03 Å². The fourth-order valence-corrected chi connectivity index (χ4v) is 4.41. The van der Waals surface area contributed by atoms with Crippen LogP contribution in [0.2, 0.25) is 5.02 Å². The van der Waals surface area contributed by atoms with Gasteiger partial charge < -0.3 is 14.6 Å². The van der Waals surface area contributed by atoms with Crippen molar-refractivity contribution < 1.29 is 18.7 Å². The van der Waals surface area contributed by atoms with Crippen LogP contribution < -0.4 is 15.0 Å². The highest BCUT2D eigenvalue weighted by Gasteiger charge is 2.35. The number of amides is 3. The van der Waals surface area contributed by atoms with Gasteiger partial charge in [-0.25, -0.2) is 14.1 Å². The van der Waals surface area contributed by atoms with Gasteiger partial charge in [-0.3, -0.25) is 4.79 Å². The molecule has 0 spiro atoms. The Morgan fingerprint density at radius 3 is 2.24 bits per heavy atom. The summed E-state index contributed by atoms with van der Waals surface area (Å²) in [6.45, 7) is 4.27. The Labute approximate surface area is 218 Å². The third kappa shape index (κ3) is 4.99. The molecule has 1 saturated heterocycles. The summed E-state index contributed by atoms with van der Waals surface area (Å²) < 4.78 is 21.0. The standard InChI is InChI=1S/C29H23ClFN3O3/c1-18-15-21(16-27-28(35)34(29(36)32-27)25-9-5-22(30)6-10-25)19(2)33(18)24-11-13-26(14-12-24)37-17-20-3-7-23(31)8-4-20/h3-16H,17H2,1-2H3,(H,32,36)/b27-16+. The molecule has 4 aromatic rings. The van der Waals surface area contributed by atoms with Gasteiger partial charge in [0.05, 0.1) is 5.69 Å². The number of nitrogens with zero attached hydrogens (tertiary/aromatic N) is 2. The Kier molecular flexibility index (Phi) is 6.54. The second kappa shape index (κ2) is 9.95. The zero-order valence-electron chi connectivity index (χ0n) is 20.2. The Bertz CT molecular complexity index is 1510. The summed E-state index contributed by atoms with van der Waals surface area (Å²) in [5, 5.41) is 3.19. The molecule has 5 rings (SSSR count). The van der Waals surface area contributed by atoms with Crippen molar-refractivity contribution in [2.45, 2.75) is 20.5 Å². The van der Waals surface area contributed by atoms with E-state index in [1.165, 1.54) is 12.1 Å². The zero-order valence-corrected chi connectivity index (χ0v) is 20.9. The molecule has 0 aliphatic carbocycles. The lowest BCUT2D eigenvalue weighted by Gasteiger charge is -2.12. The molecule has 1 aromatic heterocycles. The first-order valence-corrected chi connectivity index (χ1v) is 12.0. The summed E-state index contributed by atoms with van der Waals surface area (Å²) in [6.07, 6.45) is 1.69. The van der Waals surface area contributed by atoms with Gasteiger partial charge in [0.1, 0.15) is 23.9 Å². The molecule has 1 aliphatic rings. The number of imide groups is 1. The molecule has 2 heterocycles. The van der Waals surface area contributed by atoms with E-state index < -0.39 is 11.9 Å². The van der Waals surface area contributed by atoms with Crippen LogP contribution in [0.4, 0.5) is 14.9 Å². The van der Waals surface area contributed by atoms with Crippen molar-refractivity contribution in [2.24, 2.45) is 0 Å². The third-order valence-electron chi connectivity index (χ3n) is 6.15. The predicted molar refractivity (Wildman–Crippen MR) is 141 cm³/mol. The number of aryl methyl sites for hydroxylation is 1. The molecule has 186 valence electrons. The highest BCUT2D eigenvalue weighted by atomic mass is 35.5. The highest BCUT2D eigenvalue weighted by molar-refractivity contribution is 6.31. The molecule has 0 unspecified atom stereocenters. The van der Waals surface area contributed by atoms with Gasteiger partial charge in [0.2, 0.25) is 0 Å². The number of halogens is 2. The molecule has 8 heteroatoms. The summed E-state index contributed by atoms with van der Waals surface area (Å²) in [4.78, 5) is 26.6. The molecule has 0 bridgehead atoms. The number of rotatable bonds is 6. The van der Waals surface area contributed by atoms with E-state index in [0.717, 1.165) is 33.1 Å². The number of carbonyl (C=O) groups excluding carboxylic acids is 2. The smallest absolute Gasteiger partial charge is 0.333 e. The van der Waals surface area contributed by atoms with Gasteiger partial charge in [0.25, 0.3) is 5.91 Å². The van der Waals surface area contributed by atoms with Gasteiger partial charge in [-0.1, -0.05) is 23.7 Å². The van der Waals surface area contributed by atoms with E-state index in [9.17, 15) is 14.0 Å². The van der Waals surface area contributed by atoms with Crippen LogP contribution in [0.1, 0.15) is 22.5 Å². The lowest BCUT2D eigenvalue weighted by atomic mass is 10.2. The first-order valence-electron chi connectivity index (χ1n) is 11.6. The number of carbonyl (C=O) groups is 2. The van der Waals surface area contributed by atoms with Crippen LogP contribution in [-0.4, -0.2) is 16.5 Å². The molecule has 1 N–H and O–H groups in total. The Morgan fingerprint density at radius 2 is 1.57 bits per heavy atom. The fourth-order valence-electron chi connectivity index (χ4n) is 4.29. The van der Waals surface area contributed by atoms with Crippen LogP contribution in [0.15, 0.2) is 84.6 Å². The van der Waals surface area contributed by atoms with Crippen molar-refractivity contribution in [3.8, 4) is 11.4 Å². The number of hydrogen-bond acceptors (Lipinski definition) is 3. The number of nitrogens with one attached hydrogen (secondary N) is 1. The molecule has 1 aliphatic heterocycles. The Morgan fingerprint density at radius 1 is 0.919 bits per heavy atom. The van der Waals surface area contributed by atoms with Crippen molar-refractivity contribution >= 4 is 35.3 Å². The molecule has 6 nitrogen and oxygen atoms in total. The van der Waals surface area contributed by atoms with Crippen LogP contribution in [0.25, 0.3) is 11.8 Å². The summed E-state index contributed by atoms with van der Waals surface area (Å²) in [7, 11) is 0. The van der Waals surface area contributed by atoms with Gasteiger partial charge in [0, 0.05) is 22.1 Å². The summed E-state index contributed by atoms with van der Waals surface area (Å²) >= 11 is 5.93. The summed E-state index contributed by atoms with van der Waals surface area (Å²) in [6, 6.07) is 21.8. The zero-order chi connectivity index (χ0) is 26.1. The fraction of sp³-hybridized carbons (Fsp3) is 0.103. The molecule has 3 amide bonds. The van der Waals surface area contributed by atoms with E-state index in [4.69, 9.17) is 16.3 Å². The number of aromatic nitrogens is 1. The van der Waals surface area contributed by atoms with Crippen molar-refractivity contribution in [2.75, 3.05) is 4.90 Å². The molecular weight excluding hydrogens is 493 g/mol. The summed E-state index contributed by atoms with van der Waals surface area (Å²) in [5.74, 6) is -0.0154. The van der Waals surface area contributed by atoms with Crippen LogP contribution in [0.5, 0.6) is 5.75 Å².